The summed E-state index contributed by atoms with van der Waals surface area (Å²) in [6.07, 6.45) is 0. The number of hydrogen-bond acceptors (Lipinski definition) is 4. The SMILES string of the molecule is Cc1ccc(-c2nnc(NCCN)c3ccccc23)cc1. The van der Waals surface area contributed by atoms with Crippen molar-refractivity contribution in [1.29, 1.82) is 0 Å². The van der Waals surface area contributed by atoms with Crippen LogP contribution in [-0.4, -0.2) is 23.3 Å². The second-order valence-electron chi connectivity index (χ2n) is 5.02. The second kappa shape index (κ2) is 5.89. The van der Waals surface area contributed by atoms with Crippen LogP contribution in [0.4, 0.5) is 5.82 Å². The molecular weight excluding hydrogens is 260 g/mol. The van der Waals surface area contributed by atoms with Crippen LogP contribution in [0, 0.1) is 6.92 Å². The molecule has 2 aromatic carbocycles. The van der Waals surface area contributed by atoms with Gasteiger partial charge in [0.1, 0.15) is 5.69 Å². The van der Waals surface area contributed by atoms with Gasteiger partial charge in [-0.1, -0.05) is 54.1 Å². The lowest BCUT2D eigenvalue weighted by atomic mass is 10.0. The van der Waals surface area contributed by atoms with Gasteiger partial charge >= 0.3 is 0 Å². The second-order valence-corrected chi connectivity index (χ2v) is 5.02. The Morgan fingerprint density at radius 2 is 1.67 bits per heavy atom. The van der Waals surface area contributed by atoms with Crippen molar-refractivity contribution in [2.24, 2.45) is 5.73 Å². The van der Waals surface area contributed by atoms with E-state index in [9.17, 15) is 0 Å². The maximum Gasteiger partial charge on any atom is 0.156 e. The molecule has 0 amide bonds. The van der Waals surface area contributed by atoms with Crippen molar-refractivity contribution in [3.63, 3.8) is 0 Å². The molecule has 106 valence electrons. The van der Waals surface area contributed by atoms with Gasteiger partial charge in [-0.15, -0.1) is 10.2 Å². The fourth-order valence-corrected chi connectivity index (χ4v) is 2.35. The van der Waals surface area contributed by atoms with E-state index in [0.717, 1.165) is 27.8 Å². The van der Waals surface area contributed by atoms with E-state index in [0.29, 0.717) is 13.1 Å². The summed E-state index contributed by atoms with van der Waals surface area (Å²) < 4.78 is 0. The lowest BCUT2D eigenvalue weighted by molar-refractivity contribution is 0.983. The Hall–Kier alpha value is -2.46. The quantitative estimate of drug-likeness (QED) is 0.770. The van der Waals surface area contributed by atoms with Crippen LogP contribution in [0.2, 0.25) is 0 Å². The van der Waals surface area contributed by atoms with Crippen molar-refractivity contribution < 1.29 is 0 Å². The van der Waals surface area contributed by atoms with Crippen LogP contribution in [0.3, 0.4) is 0 Å². The Morgan fingerprint density at radius 1 is 0.952 bits per heavy atom. The topological polar surface area (TPSA) is 63.8 Å². The minimum Gasteiger partial charge on any atom is -0.367 e. The molecule has 0 spiro atoms. The van der Waals surface area contributed by atoms with Gasteiger partial charge < -0.3 is 11.1 Å². The fraction of sp³-hybridized carbons (Fsp3) is 0.176. The fourth-order valence-electron chi connectivity index (χ4n) is 2.35. The third-order valence-corrected chi connectivity index (χ3v) is 3.45. The highest BCUT2D eigenvalue weighted by Crippen LogP contribution is 2.29. The first kappa shape index (κ1) is 13.5. The van der Waals surface area contributed by atoms with E-state index < -0.39 is 0 Å². The standard InChI is InChI=1S/C17H18N4/c1-12-6-8-13(9-7-12)16-14-4-2-3-5-15(14)17(21-20-16)19-11-10-18/h2-9H,10-11,18H2,1H3,(H,19,21). The summed E-state index contributed by atoms with van der Waals surface area (Å²) >= 11 is 0. The molecule has 1 aromatic heterocycles. The van der Waals surface area contributed by atoms with Crippen molar-refractivity contribution in [3.05, 3.63) is 54.1 Å². The largest absolute Gasteiger partial charge is 0.367 e. The summed E-state index contributed by atoms with van der Waals surface area (Å²) in [5.41, 5.74) is 8.76. The van der Waals surface area contributed by atoms with E-state index in [1.165, 1.54) is 5.56 Å². The predicted octanol–water partition coefficient (Wildman–Crippen LogP) is 2.98. The molecule has 4 heteroatoms. The van der Waals surface area contributed by atoms with Crippen molar-refractivity contribution in [2.75, 3.05) is 18.4 Å². The molecule has 0 aliphatic rings. The Balaban J connectivity index is 2.14. The normalized spacial score (nSPS) is 10.8. The minimum absolute atomic E-state index is 0.565. The smallest absolute Gasteiger partial charge is 0.156 e. The zero-order chi connectivity index (χ0) is 14.7. The molecule has 21 heavy (non-hydrogen) atoms. The van der Waals surface area contributed by atoms with E-state index in [4.69, 9.17) is 5.73 Å². The monoisotopic (exact) mass is 278 g/mol. The van der Waals surface area contributed by atoms with Gasteiger partial charge in [-0.05, 0) is 6.92 Å². The first-order valence-corrected chi connectivity index (χ1v) is 7.06. The molecule has 1 heterocycles. The van der Waals surface area contributed by atoms with Gasteiger partial charge in [-0.3, -0.25) is 0 Å². The van der Waals surface area contributed by atoms with Crippen molar-refractivity contribution >= 4 is 16.6 Å². The summed E-state index contributed by atoms with van der Waals surface area (Å²) in [6, 6.07) is 16.5. The van der Waals surface area contributed by atoms with Gasteiger partial charge in [0.25, 0.3) is 0 Å². The van der Waals surface area contributed by atoms with E-state index in [1.54, 1.807) is 0 Å². The Labute approximate surface area is 124 Å². The number of aromatic nitrogens is 2. The minimum atomic E-state index is 0.565. The highest BCUT2D eigenvalue weighted by atomic mass is 15.2. The molecule has 0 fully saturated rings. The number of benzene rings is 2. The molecule has 0 saturated carbocycles. The van der Waals surface area contributed by atoms with Gasteiger partial charge in [0, 0.05) is 29.4 Å². The molecule has 0 unspecified atom stereocenters. The zero-order valence-corrected chi connectivity index (χ0v) is 12.0. The number of rotatable bonds is 4. The van der Waals surface area contributed by atoms with Crippen LogP contribution >= 0.6 is 0 Å². The van der Waals surface area contributed by atoms with Crippen LogP contribution in [0.25, 0.3) is 22.0 Å². The van der Waals surface area contributed by atoms with Crippen LogP contribution in [0.1, 0.15) is 5.56 Å². The molecule has 0 aliphatic heterocycles. The van der Waals surface area contributed by atoms with Gasteiger partial charge in [0.05, 0.1) is 0 Å². The number of aryl methyl sites for hydroxylation is 1. The number of anilines is 1. The maximum absolute atomic E-state index is 5.54. The van der Waals surface area contributed by atoms with Gasteiger partial charge in [0.2, 0.25) is 0 Å². The van der Waals surface area contributed by atoms with Crippen LogP contribution < -0.4 is 11.1 Å². The summed E-state index contributed by atoms with van der Waals surface area (Å²) in [4.78, 5) is 0. The summed E-state index contributed by atoms with van der Waals surface area (Å²) in [5.74, 6) is 0.784. The summed E-state index contributed by atoms with van der Waals surface area (Å²) in [7, 11) is 0. The van der Waals surface area contributed by atoms with Crippen molar-refractivity contribution in [3.8, 4) is 11.3 Å². The van der Waals surface area contributed by atoms with Crippen molar-refractivity contribution in [1.82, 2.24) is 10.2 Å². The van der Waals surface area contributed by atoms with Crippen LogP contribution in [0.5, 0.6) is 0 Å². The molecule has 0 atom stereocenters. The molecule has 0 saturated heterocycles. The first-order valence-electron chi connectivity index (χ1n) is 7.06. The number of nitrogens with two attached hydrogens (primary N) is 1. The van der Waals surface area contributed by atoms with E-state index in [2.05, 4.69) is 58.8 Å². The van der Waals surface area contributed by atoms with Gasteiger partial charge in [-0.25, -0.2) is 0 Å². The van der Waals surface area contributed by atoms with E-state index in [1.807, 2.05) is 12.1 Å². The van der Waals surface area contributed by atoms with E-state index in [-0.39, 0.29) is 0 Å². The molecule has 0 aliphatic carbocycles. The molecule has 0 bridgehead atoms. The third-order valence-electron chi connectivity index (χ3n) is 3.45. The lowest BCUT2D eigenvalue weighted by Crippen LogP contribution is -2.14. The lowest BCUT2D eigenvalue weighted by Gasteiger charge is -2.10. The molecule has 3 aromatic rings. The van der Waals surface area contributed by atoms with Gasteiger partial charge in [-0.2, -0.15) is 0 Å². The number of hydrogen-bond donors (Lipinski definition) is 2. The third kappa shape index (κ3) is 2.71. The number of nitrogens with zero attached hydrogens (tertiary/aromatic N) is 2. The van der Waals surface area contributed by atoms with Crippen LogP contribution in [-0.2, 0) is 0 Å². The van der Waals surface area contributed by atoms with Crippen LogP contribution in [0.15, 0.2) is 48.5 Å². The Morgan fingerprint density at radius 3 is 2.38 bits per heavy atom. The number of nitrogens with one attached hydrogen (secondary N) is 1. The summed E-state index contributed by atoms with van der Waals surface area (Å²) in [5, 5.41) is 14.1. The first-order chi connectivity index (χ1) is 10.3. The van der Waals surface area contributed by atoms with E-state index >= 15 is 0 Å². The Kier molecular flexibility index (Phi) is 3.79. The Bertz CT molecular complexity index is 750. The predicted molar refractivity (Wildman–Crippen MR) is 87.3 cm³/mol. The maximum atomic E-state index is 5.54. The number of fused-ring (bicyclic) bond motifs is 1. The molecular formula is C17H18N4. The molecule has 4 nitrogen and oxygen atoms in total. The molecule has 0 radical (unpaired) electrons. The highest BCUT2D eigenvalue weighted by molar-refractivity contribution is 5.99. The molecule has 3 rings (SSSR count). The van der Waals surface area contributed by atoms with Gasteiger partial charge in [0.15, 0.2) is 5.82 Å². The average Bonchev–Trinajstić information content (AvgIpc) is 2.53. The molecule has 3 N–H and O–H groups in total. The summed E-state index contributed by atoms with van der Waals surface area (Å²) in [6.45, 7) is 3.33. The van der Waals surface area contributed by atoms with Crippen molar-refractivity contribution in [2.45, 2.75) is 6.92 Å². The average molecular weight is 278 g/mol. The highest BCUT2D eigenvalue weighted by Gasteiger charge is 2.10. The zero-order valence-electron chi connectivity index (χ0n) is 12.0.